The molecular formula is C23H31N3O4S. The number of carbonyl (C=O) groups is 1. The van der Waals surface area contributed by atoms with E-state index in [2.05, 4.69) is 10.9 Å². The van der Waals surface area contributed by atoms with E-state index in [1.54, 1.807) is 24.3 Å². The molecule has 1 heterocycles. The summed E-state index contributed by atoms with van der Waals surface area (Å²) >= 11 is 0. The number of hydrogen-bond acceptors (Lipinski definition) is 5. The highest BCUT2D eigenvalue weighted by Gasteiger charge is 2.41. The minimum Gasteiger partial charge on any atom is -0.379 e. The summed E-state index contributed by atoms with van der Waals surface area (Å²) in [7, 11) is -3.48. The van der Waals surface area contributed by atoms with Gasteiger partial charge in [0.05, 0.1) is 18.1 Å². The minimum absolute atomic E-state index is 0.0353. The molecule has 1 aliphatic heterocycles. The summed E-state index contributed by atoms with van der Waals surface area (Å²) in [5, 5.41) is 0. The van der Waals surface area contributed by atoms with Crippen molar-refractivity contribution < 1.29 is 17.9 Å². The number of hydrazine groups is 1. The third-order valence-electron chi connectivity index (χ3n) is 7.27. The van der Waals surface area contributed by atoms with Gasteiger partial charge in [0.25, 0.3) is 0 Å². The van der Waals surface area contributed by atoms with Crippen LogP contribution in [0.2, 0.25) is 0 Å². The van der Waals surface area contributed by atoms with Gasteiger partial charge in [-0.15, -0.1) is 0 Å². The zero-order valence-electron chi connectivity index (χ0n) is 17.8. The van der Waals surface area contributed by atoms with E-state index >= 15 is 0 Å². The SMILES string of the molecule is O=C(CCc1ccc(S(=O)(=O)N2CCOCC2)cc1)NNC1=C2C[C@@H]3CC1C[C@H](C2)C3. The van der Waals surface area contributed by atoms with Crippen molar-refractivity contribution in [2.45, 2.75) is 49.8 Å². The number of allylic oxidation sites excluding steroid dienone is 2. The monoisotopic (exact) mass is 445 g/mol. The molecule has 3 atom stereocenters. The molecule has 1 aromatic carbocycles. The molecule has 5 aliphatic rings. The smallest absolute Gasteiger partial charge is 0.243 e. The van der Waals surface area contributed by atoms with Crippen LogP contribution < -0.4 is 10.9 Å². The number of aryl methyl sites for hydroxylation is 1. The van der Waals surface area contributed by atoms with Gasteiger partial charge in [0, 0.05) is 31.1 Å². The van der Waals surface area contributed by atoms with Crippen LogP contribution in [0.25, 0.3) is 0 Å². The van der Waals surface area contributed by atoms with Gasteiger partial charge in [-0.3, -0.25) is 10.2 Å². The first kappa shape index (κ1) is 21.0. The summed E-state index contributed by atoms with van der Waals surface area (Å²) in [6.45, 7) is 1.64. The number of rotatable bonds is 7. The molecule has 31 heavy (non-hydrogen) atoms. The van der Waals surface area contributed by atoms with Gasteiger partial charge >= 0.3 is 0 Å². The summed E-state index contributed by atoms with van der Waals surface area (Å²) in [6.07, 6.45) is 7.25. The molecule has 1 aromatic rings. The number of nitrogens with one attached hydrogen (secondary N) is 2. The third-order valence-corrected chi connectivity index (χ3v) is 9.18. The van der Waals surface area contributed by atoms with Crippen molar-refractivity contribution in [2.75, 3.05) is 26.3 Å². The van der Waals surface area contributed by atoms with Crippen LogP contribution in [0.1, 0.15) is 44.1 Å². The number of benzene rings is 1. The fraction of sp³-hybridized carbons (Fsp3) is 0.609. The fourth-order valence-corrected chi connectivity index (χ4v) is 7.24. The maximum Gasteiger partial charge on any atom is 0.243 e. The molecule has 1 unspecified atom stereocenters. The zero-order valence-corrected chi connectivity index (χ0v) is 18.6. The largest absolute Gasteiger partial charge is 0.379 e. The molecule has 8 heteroatoms. The first-order valence-electron chi connectivity index (χ1n) is 11.4. The van der Waals surface area contributed by atoms with Gasteiger partial charge in [-0.2, -0.15) is 4.31 Å². The van der Waals surface area contributed by atoms with Crippen molar-refractivity contribution in [1.82, 2.24) is 15.2 Å². The Balaban J connectivity index is 1.12. The second kappa shape index (κ2) is 8.56. The van der Waals surface area contributed by atoms with Crippen molar-refractivity contribution >= 4 is 15.9 Å². The second-order valence-electron chi connectivity index (χ2n) is 9.40. The topological polar surface area (TPSA) is 87.7 Å². The molecule has 3 fully saturated rings. The van der Waals surface area contributed by atoms with Crippen LogP contribution in [-0.4, -0.2) is 44.9 Å². The van der Waals surface area contributed by atoms with Crippen LogP contribution in [0.15, 0.2) is 40.4 Å². The Morgan fingerprint density at radius 1 is 1.03 bits per heavy atom. The van der Waals surface area contributed by atoms with E-state index in [1.165, 1.54) is 47.7 Å². The van der Waals surface area contributed by atoms with E-state index < -0.39 is 10.0 Å². The maximum atomic E-state index is 12.7. The number of amides is 1. The van der Waals surface area contributed by atoms with Gasteiger partial charge in [0.15, 0.2) is 0 Å². The van der Waals surface area contributed by atoms with Crippen molar-refractivity contribution in [3.05, 3.63) is 41.1 Å². The Kier molecular flexibility index (Phi) is 5.79. The number of ether oxygens (including phenoxy) is 1. The molecule has 4 bridgehead atoms. The molecule has 0 spiro atoms. The Hall–Kier alpha value is -1.90. The zero-order chi connectivity index (χ0) is 21.4. The van der Waals surface area contributed by atoms with Crippen molar-refractivity contribution in [3.63, 3.8) is 0 Å². The lowest BCUT2D eigenvalue weighted by molar-refractivity contribution is -0.121. The molecular weight excluding hydrogens is 414 g/mol. The highest BCUT2D eigenvalue weighted by molar-refractivity contribution is 7.89. The highest BCUT2D eigenvalue weighted by Crippen LogP contribution is 2.52. The number of carbonyl (C=O) groups excluding carboxylic acids is 1. The Morgan fingerprint density at radius 2 is 1.71 bits per heavy atom. The summed E-state index contributed by atoms with van der Waals surface area (Å²) < 4.78 is 32.1. The molecule has 2 saturated carbocycles. The standard InChI is InChI=1S/C23H31N3O4S/c27-22(24-25-23-19-12-17-11-18(14-19)15-20(23)13-17)6-3-16-1-4-21(5-2-16)31(28,29)26-7-9-30-10-8-26/h1-2,4-5,17-19,25H,3,6-15H2,(H,24,27)/t17-,18+,19?. The van der Waals surface area contributed by atoms with E-state index in [4.69, 9.17) is 4.74 Å². The van der Waals surface area contributed by atoms with Crippen LogP contribution in [0, 0.1) is 17.8 Å². The Labute approximate surface area is 184 Å². The number of nitrogens with zero attached hydrogens (tertiary/aromatic N) is 1. The quantitative estimate of drug-likeness (QED) is 0.629. The maximum absolute atomic E-state index is 12.7. The van der Waals surface area contributed by atoms with Crippen LogP contribution >= 0.6 is 0 Å². The third kappa shape index (κ3) is 4.38. The Morgan fingerprint density at radius 3 is 2.35 bits per heavy atom. The van der Waals surface area contributed by atoms with Crippen LogP contribution in [-0.2, 0) is 26.0 Å². The van der Waals surface area contributed by atoms with Crippen LogP contribution in [0.4, 0.5) is 0 Å². The molecule has 0 aromatic heterocycles. The average molecular weight is 446 g/mol. The number of morpholine rings is 1. The van der Waals surface area contributed by atoms with Gasteiger partial charge in [-0.25, -0.2) is 8.42 Å². The first-order chi connectivity index (χ1) is 15.0. The summed E-state index contributed by atoms with van der Waals surface area (Å²) in [4.78, 5) is 12.7. The fourth-order valence-electron chi connectivity index (χ4n) is 5.83. The molecule has 168 valence electrons. The minimum atomic E-state index is -3.48. The van der Waals surface area contributed by atoms with E-state index in [1.807, 2.05) is 0 Å². The lowest BCUT2D eigenvalue weighted by Gasteiger charge is -2.47. The average Bonchev–Trinajstić information content (AvgIpc) is 2.77. The second-order valence-corrected chi connectivity index (χ2v) is 11.3. The van der Waals surface area contributed by atoms with E-state index in [0.29, 0.717) is 50.0 Å². The van der Waals surface area contributed by atoms with Crippen LogP contribution in [0.3, 0.4) is 0 Å². The highest BCUT2D eigenvalue weighted by atomic mass is 32.2. The van der Waals surface area contributed by atoms with Gasteiger partial charge in [0.2, 0.25) is 15.9 Å². The molecule has 2 N–H and O–H groups in total. The molecule has 7 nitrogen and oxygen atoms in total. The molecule has 6 rings (SSSR count). The molecule has 1 saturated heterocycles. The first-order valence-corrected chi connectivity index (χ1v) is 12.9. The summed E-state index contributed by atoms with van der Waals surface area (Å²) in [5.41, 5.74) is 9.91. The van der Waals surface area contributed by atoms with Gasteiger partial charge in [-0.05, 0) is 73.6 Å². The lowest BCUT2D eigenvalue weighted by atomic mass is 9.60. The van der Waals surface area contributed by atoms with Crippen LogP contribution in [0.5, 0.6) is 0 Å². The summed E-state index contributed by atoms with van der Waals surface area (Å²) in [6, 6.07) is 6.88. The molecule has 0 radical (unpaired) electrons. The van der Waals surface area contributed by atoms with Gasteiger partial charge in [-0.1, -0.05) is 12.1 Å². The number of sulfonamides is 1. The molecule has 4 aliphatic carbocycles. The predicted molar refractivity (Wildman–Crippen MR) is 116 cm³/mol. The Bertz CT molecular complexity index is 951. The van der Waals surface area contributed by atoms with E-state index in [-0.39, 0.29) is 5.91 Å². The number of hydrogen-bond donors (Lipinski definition) is 2. The van der Waals surface area contributed by atoms with Crippen molar-refractivity contribution in [2.24, 2.45) is 17.8 Å². The molecule has 1 amide bonds. The van der Waals surface area contributed by atoms with Crippen molar-refractivity contribution in [1.29, 1.82) is 0 Å². The van der Waals surface area contributed by atoms with Gasteiger partial charge in [0.1, 0.15) is 0 Å². The van der Waals surface area contributed by atoms with E-state index in [9.17, 15) is 13.2 Å². The summed E-state index contributed by atoms with van der Waals surface area (Å²) in [5.74, 6) is 2.29. The normalized spacial score (nSPS) is 28.1. The lowest BCUT2D eigenvalue weighted by Crippen LogP contribution is -2.45. The van der Waals surface area contributed by atoms with Crippen molar-refractivity contribution in [3.8, 4) is 0 Å². The van der Waals surface area contributed by atoms with Gasteiger partial charge < -0.3 is 10.2 Å². The van der Waals surface area contributed by atoms with E-state index in [0.717, 1.165) is 17.4 Å². The predicted octanol–water partition coefficient (Wildman–Crippen LogP) is 2.35.